The highest BCUT2D eigenvalue weighted by atomic mass is 16.7. The number of allylic oxidation sites excluding steroid dienone is 1. The molecule has 2 saturated carbocycles. The fourth-order valence-electron chi connectivity index (χ4n) is 5.63. The van der Waals surface area contributed by atoms with E-state index >= 15 is 0 Å². The summed E-state index contributed by atoms with van der Waals surface area (Å²) >= 11 is 0. The fourth-order valence-corrected chi connectivity index (χ4v) is 5.63. The van der Waals surface area contributed by atoms with Crippen LogP contribution < -0.4 is 0 Å². The van der Waals surface area contributed by atoms with Crippen LogP contribution in [0.15, 0.2) is 12.2 Å². The van der Waals surface area contributed by atoms with Gasteiger partial charge in [0.25, 0.3) is 0 Å². The Balaban J connectivity index is 1.65. The Kier molecular flexibility index (Phi) is 7.69. The van der Waals surface area contributed by atoms with Gasteiger partial charge in [0.15, 0.2) is 0 Å². The maximum absolute atomic E-state index is 6.69. The van der Waals surface area contributed by atoms with E-state index in [1.54, 1.807) is 0 Å². The van der Waals surface area contributed by atoms with Gasteiger partial charge in [0.1, 0.15) is 0 Å². The van der Waals surface area contributed by atoms with Crippen molar-refractivity contribution in [2.24, 2.45) is 17.8 Å². The lowest BCUT2D eigenvalue weighted by molar-refractivity contribution is 0.0324. The van der Waals surface area contributed by atoms with Gasteiger partial charge in [0, 0.05) is 0 Å². The molecule has 3 heteroatoms. The molecule has 1 saturated heterocycles. The van der Waals surface area contributed by atoms with Gasteiger partial charge < -0.3 is 9.31 Å². The zero-order valence-corrected chi connectivity index (χ0v) is 17.6. The number of hydrogen-bond donors (Lipinski definition) is 0. The second-order valence-electron chi connectivity index (χ2n) is 9.49. The molecule has 0 aromatic rings. The first kappa shape index (κ1) is 20.5. The third-order valence-electron chi connectivity index (χ3n) is 7.48. The van der Waals surface area contributed by atoms with E-state index in [1.807, 2.05) is 0 Å². The molecule has 3 aliphatic rings. The van der Waals surface area contributed by atoms with Crippen LogP contribution in [0.5, 0.6) is 0 Å². The van der Waals surface area contributed by atoms with Crippen molar-refractivity contribution in [2.75, 3.05) is 0 Å². The van der Waals surface area contributed by atoms with Gasteiger partial charge in [0.2, 0.25) is 0 Å². The normalized spacial score (nSPS) is 31.1. The molecule has 2 aliphatic carbocycles. The van der Waals surface area contributed by atoms with Gasteiger partial charge in [-0.3, -0.25) is 0 Å². The Morgan fingerprint density at radius 1 is 0.885 bits per heavy atom. The van der Waals surface area contributed by atoms with Gasteiger partial charge in [-0.05, 0) is 62.1 Å². The van der Waals surface area contributed by atoms with Crippen molar-refractivity contribution in [1.82, 2.24) is 0 Å². The molecule has 3 rings (SSSR count). The Morgan fingerprint density at radius 2 is 1.35 bits per heavy atom. The molecular weight excluding hydrogens is 319 g/mol. The van der Waals surface area contributed by atoms with Crippen LogP contribution >= 0.6 is 0 Å². The molecule has 3 fully saturated rings. The molecule has 148 valence electrons. The van der Waals surface area contributed by atoms with E-state index in [9.17, 15) is 0 Å². The first-order chi connectivity index (χ1) is 12.6. The summed E-state index contributed by atoms with van der Waals surface area (Å²) < 4.78 is 13.4. The van der Waals surface area contributed by atoms with E-state index in [0.717, 1.165) is 24.7 Å². The van der Waals surface area contributed by atoms with Gasteiger partial charge >= 0.3 is 7.12 Å². The molecule has 0 aromatic heterocycles. The highest BCUT2D eigenvalue weighted by Gasteiger charge is 2.48. The maximum atomic E-state index is 6.69. The minimum absolute atomic E-state index is 0.000888. The molecule has 0 spiro atoms. The molecule has 0 aromatic carbocycles. The van der Waals surface area contributed by atoms with Crippen molar-refractivity contribution in [3.05, 3.63) is 12.2 Å². The molecular formula is C23H41BO2. The maximum Gasteiger partial charge on any atom is 0.460 e. The average molecular weight is 360 g/mol. The predicted octanol–water partition coefficient (Wildman–Crippen LogP) is 6.80. The molecule has 0 bridgehead atoms. The van der Waals surface area contributed by atoms with Crippen molar-refractivity contribution in [3.8, 4) is 0 Å². The second-order valence-corrected chi connectivity index (χ2v) is 9.49. The van der Waals surface area contributed by atoms with Crippen LogP contribution in [-0.4, -0.2) is 19.3 Å². The minimum Gasteiger partial charge on any atom is -0.405 e. The van der Waals surface area contributed by atoms with Crippen molar-refractivity contribution in [1.29, 1.82) is 0 Å². The molecule has 4 unspecified atom stereocenters. The lowest BCUT2D eigenvalue weighted by atomic mass is 9.68. The van der Waals surface area contributed by atoms with Gasteiger partial charge in [0.05, 0.1) is 12.2 Å². The predicted molar refractivity (Wildman–Crippen MR) is 111 cm³/mol. The Morgan fingerprint density at radius 3 is 1.77 bits per heavy atom. The van der Waals surface area contributed by atoms with Gasteiger partial charge in [-0.1, -0.05) is 71.4 Å². The zero-order valence-electron chi connectivity index (χ0n) is 17.6. The quantitative estimate of drug-likeness (QED) is 0.367. The van der Waals surface area contributed by atoms with Gasteiger partial charge in [-0.2, -0.15) is 0 Å². The zero-order chi connectivity index (χ0) is 18.5. The number of hydrogen-bond acceptors (Lipinski definition) is 2. The average Bonchev–Trinajstić information content (AvgIpc) is 3.14. The summed E-state index contributed by atoms with van der Waals surface area (Å²) in [5.74, 6) is 2.48. The Labute approximate surface area is 162 Å². The van der Waals surface area contributed by atoms with Crippen LogP contribution in [0.25, 0.3) is 0 Å². The Hall–Kier alpha value is -0.275. The Bertz CT molecular complexity index is 413. The van der Waals surface area contributed by atoms with E-state index in [2.05, 4.69) is 27.4 Å². The molecule has 26 heavy (non-hydrogen) atoms. The molecule has 0 amide bonds. The third kappa shape index (κ3) is 4.96. The molecule has 1 heterocycles. The second kappa shape index (κ2) is 9.78. The molecule has 2 nitrogen and oxygen atoms in total. The van der Waals surface area contributed by atoms with E-state index in [1.165, 1.54) is 69.8 Å². The van der Waals surface area contributed by atoms with Gasteiger partial charge in [-0.15, -0.1) is 0 Å². The van der Waals surface area contributed by atoms with Crippen LogP contribution in [0.2, 0.25) is 5.82 Å². The van der Waals surface area contributed by atoms with E-state index in [4.69, 9.17) is 9.31 Å². The summed E-state index contributed by atoms with van der Waals surface area (Å²) in [5.41, 5.74) is 1.36. The standard InChI is InChI=1S/C23H41BO2/c1-5-17(2)18(3)16-19(4)24-25-22(20-12-8-6-9-13-20)23(26-24)21-14-10-7-11-15-21/h18-23H,2,5-16H2,1,3-4H3. The summed E-state index contributed by atoms with van der Waals surface area (Å²) in [6.07, 6.45) is 16.7. The summed E-state index contributed by atoms with van der Waals surface area (Å²) in [7, 11) is 0.000888. The van der Waals surface area contributed by atoms with Crippen LogP contribution in [0.3, 0.4) is 0 Å². The highest BCUT2D eigenvalue weighted by molar-refractivity contribution is 6.47. The minimum atomic E-state index is 0.000888. The first-order valence-corrected chi connectivity index (χ1v) is 11.6. The van der Waals surface area contributed by atoms with Crippen molar-refractivity contribution in [2.45, 2.75) is 116 Å². The molecule has 0 radical (unpaired) electrons. The largest absolute Gasteiger partial charge is 0.460 e. The van der Waals surface area contributed by atoms with Crippen molar-refractivity contribution >= 4 is 7.12 Å². The lowest BCUT2D eigenvalue weighted by Gasteiger charge is -2.35. The molecule has 4 atom stereocenters. The summed E-state index contributed by atoms with van der Waals surface area (Å²) in [4.78, 5) is 0. The SMILES string of the molecule is C=C(CC)C(C)CC(C)B1OC(C2CCCCC2)C(C2CCCCC2)O1. The third-order valence-corrected chi connectivity index (χ3v) is 7.48. The molecule has 1 aliphatic heterocycles. The lowest BCUT2D eigenvalue weighted by Crippen LogP contribution is -2.38. The summed E-state index contributed by atoms with van der Waals surface area (Å²) in [5, 5.41) is 0. The monoisotopic (exact) mass is 360 g/mol. The van der Waals surface area contributed by atoms with Crippen LogP contribution in [0.4, 0.5) is 0 Å². The smallest absolute Gasteiger partial charge is 0.405 e. The van der Waals surface area contributed by atoms with Crippen LogP contribution in [0.1, 0.15) is 97.8 Å². The van der Waals surface area contributed by atoms with Crippen LogP contribution in [0, 0.1) is 17.8 Å². The molecule has 0 N–H and O–H groups in total. The highest BCUT2D eigenvalue weighted by Crippen LogP contribution is 2.43. The van der Waals surface area contributed by atoms with Gasteiger partial charge in [-0.25, -0.2) is 0 Å². The van der Waals surface area contributed by atoms with E-state index in [-0.39, 0.29) is 7.12 Å². The summed E-state index contributed by atoms with van der Waals surface area (Å²) in [6.45, 7) is 11.1. The first-order valence-electron chi connectivity index (χ1n) is 11.6. The topological polar surface area (TPSA) is 18.5 Å². The van der Waals surface area contributed by atoms with Crippen molar-refractivity contribution < 1.29 is 9.31 Å². The fraction of sp³-hybridized carbons (Fsp3) is 0.913. The van der Waals surface area contributed by atoms with E-state index < -0.39 is 0 Å². The van der Waals surface area contributed by atoms with E-state index in [0.29, 0.717) is 23.9 Å². The van der Waals surface area contributed by atoms with Crippen molar-refractivity contribution in [3.63, 3.8) is 0 Å². The number of rotatable bonds is 7. The summed E-state index contributed by atoms with van der Waals surface area (Å²) in [6, 6.07) is 0. The van der Waals surface area contributed by atoms with Crippen LogP contribution in [-0.2, 0) is 9.31 Å².